The first-order valence-electron chi connectivity index (χ1n) is 6.86. The number of anilines is 1. The zero-order valence-corrected chi connectivity index (χ0v) is 11.7. The highest BCUT2D eigenvalue weighted by Crippen LogP contribution is 2.14. The summed E-state index contributed by atoms with van der Waals surface area (Å²) in [6.45, 7) is 2.03. The predicted molar refractivity (Wildman–Crippen MR) is 77.8 cm³/mol. The van der Waals surface area contributed by atoms with Gasteiger partial charge in [0, 0.05) is 18.5 Å². The van der Waals surface area contributed by atoms with Crippen LogP contribution < -0.4 is 5.32 Å². The van der Waals surface area contributed by atoms with E-state index in [1.54, 1.807) is 0 Å². The number of benzene rings is 1. The number of aliphatic hydroxyl groups excluding tert-OH is 1. The minimum absolute atomic E-state index is 0.0531. The summed E-state index contributed by atoms with van der Waals surface area (Å²) in [6.07, 6.45) is 3.71. The maximum atomic E-state index is 13.5. The Morgan fingerprint density at radius 1 is 1.40 bits per heavy atom. The molecule has 0 unspecified atom stereocenters. The van der Waals surface area contributed by atoms with Crippen LogP contribution in [0.3, 0.4) is 0 Å². The second kappa shape index (κ2) is 9.11. The van der Waals surface area contributed by atoms with Crippen molar-refractivity contribution in [2.45, 2.75) is 39.0 Å². The molecule has 1 rings (SSSR count). The summed E-state index contributed by atoms with van der Waals surface area (Å²) in [5, 5.41) is 11.4. The van der Waals surface area contributed by atoms with E-state index in [-0.39, 0.29) is 18.1 Å². The van der Waals surface area contributed by atoms with Crippen LogP contribution >= 0.6 is 0 Å². The van der Waals surface area contributed by atoms with E-state index in [4.69, 9.17) is 5.11 Å². The number of halogens is 1. The molecule has 0 spiro atoms. The molecule has 3 nitrogen and oxygen atoms in total. The summed E-state index contributed by atoms with van der Waals surface area (Å²) in [5.74, 6) is 4.80. The van der Waals surface area contributed by atoms with Crippen molar-refractivity contribution >= 4 is 11.6 Å². The highest BCUT2D eigenvalue weighted by Gasteiger charge is 2.05. The van der Waals surface area contributed by atoms with Gasteiger partial charge in [-0.1, -0.05) is 31.6 Å². The van der Waals surface area contributed by atoms with E-state index in [0.29, 0.717) is 18.5 Å². The quantitative estimate of drug-likeness (QED) is 0.620. The third kappa shape index (κ3) is 5.85. The molecule has 0 aromatic heterocycles. The molecule has 0 aliphatic carbocycles. The molecule has 108 valence electrons. The number of hydrogen-bond donors (Lipinski definition) is 2. The highest BCUT2D eigenvalue weighted by atomic mass is 19.1. The van der Waals surface area contributed by atoms with Gasteiger partial charge in [0.15, 0.2) is 0 Å². The lowest BCUT2D eigenvalue weighted by Crippen LogP contribution is -2.11. The summed E-state index contributed by atoms with van der Waals surface area (Å²) >= 11 is 0. The van der Waals surface area contributed by atoms with Crippen LogP contribution in [-0.2, 0) is 4.79 Å². The van der Waals surface area contributed by atoms with Gasteiger partial charge in [0.05, 0.1) is 12.2 Å². The molecule has 0 heterocycles. The third-order valence-corrected chi connectivity index (χ3v) is 2.72. The monoisotopic (exact) mass is 277 g/mol. The van der Waals surface area contributed by atoms with Crippen molar-refractivity contribution in [2.75, 3.05) is 11.9 Å². The van der Waals surface area contributed by atoms with Crippen LogP contribution in [-0.4, -0.2) is 17.6 Å². The molecule has 0 fully saturated rings. The van der Waals surface area contributed by atoms with E-state index in [0.717, 1.165) is 19.3 Å². The van der Waals surface area contributed by atoms with E-state index >= 15 is 0 Å². The number of unbranched alkanes of at least 4 members (excludes halogenated alkanes) is 2. The first-order chi connectivity index (χ1) is 9.67. The van der Waals surface area contributed by atoms with Crippen LogP contribution in [0.1, 0.15) is 44.6 Å². The van der Waals surface area contributed by atoms with Crippen LogP contribution in [0.2, 0.25) is 0 Å². The van der Waals surface area contributed by atoms with E-state index in [2.05, 4.69) is 24.1 Å². The molecule has 0 radical (unpaired) electrons. The molecule has 20 heavy (non-hydrogen) atoms. The van der Waals surface area contributed by atoms with Crippen LogP contribution in [0.4, 0.5) is 10.1 Å². The molecule has 0 bridgehead atoms. The molecule has 4 heteroatoms. The van der Waals surface area contributed by atoms with Gasteiger partial charge in [0.1, 0.15) is 5.82 Å². The van der Waals surface area contributed by atoms with E-state index in [9.17, 15) is 9.18 Å². The molecule has 1 aromatic carbocycles. The van der Waals surface area contributed by atoms with Gasteiger partial charge in [-0.15, -0.1) is 0 Å². The smallest absolute Gasteiger partial charge is 0.224 e. The minimum Gasteiger partial charge on any atom is -0.395 e. The number of carbonyl (C=O) groups excluding carboxylic acids is 1. The lowest BCUT2D eigenvalue weighted by atomic mass is 10.1. The number of rotatable bonds is 6. The number of aliphatic hydroxyl groups is 1. The third-order valence-electron chi connectivity index (χ3n) is 2.72. The molecule has 0 atom stereocenters. The number of hydrogen-bond acceptors (Lipinski definition) is 2. The van der Waals surface area contributed by atoms with Crippen LogP contribution in [0, 0.1) is 17.7 Å². The zero-order valence-electron chi connectivity index (χ0n) is 11.7. The molecular formula is C16H20FNO2. The summed E-state index contributed by atoms with van der Waals surface area (Å²) in [6, 6.07) is 4.31. The van der Waals surface area contributed by atoms with Gasteiger partial charge in [0.25, 0.3) is 0 Å². The Kier molecular flexibility index (Phi) is 7.38. The summed E-state index contributed by atoms with van der Waals surface area (Å²) in [5.41, 5.74) is 0.769. The maximum absolute atomic E-state index is 13.5. The second-order valence-corrected chi connectivity index (χ2v) is 4.48. The Labute approximate surface area is 119 Å². The van der Waals surface area contributed by atoms with Crippen molar-refractivity contribution in [3.63, 3.8) is 0 Å². The van der Waals surface area contributed by atoms with Crippen LogP contribution in [0.5, 0.6) is 0 Å². The van der Waals surface area contributed by atoms with E-state index in [1.807, 2.05) is 0 Å². The van der Waals surface area contributed by atoms with Gasteiger partial charge in [0.2, 0.25) is 5.91 Å². The van der Waals surface area contributed by atoms with Crippen molar-refractivity contribution in [3.8, 4) is 11.8 Å². The van der Waals surface area contributed by atoms with E-state index < -0.39 is 5.82 Å². The van der Waals surface area contributed by atoms with Crippen LogP contribution in [0.15, 0.2) is 18.2 Å². The Morgan fingerprint density at radius 3 is 2.90 bits per heavy atom. The average Bonchev–Trinajstić information content (AvgIpc) is 2.43. The standard InChI is InChI=1S/C16H20FNO2/c1-2-3-4-8-16(20)18-14-9-10-15(17)13(12-14)7-5-6-11-19/h9-10,12,19H,2-4,6,8,11H2,1H3,(H,18,20). The van der Waals surface area contributed by atoms with Crippen molar-refractivity contribution in [1.82, 2.24) is 0 Å². The largest absolute Gasteiger partial charge is 0.395 e. The molecule has 0 aliphatic rings. The molecule has 1 aromatic rings. The maximum Gasteiger partial charge on any atom is 0.224 e. The van der Waals surface area contributed by atoms with Crippen molar-refractivity contribution < 1.29 is 14.3 Å². The van der Waals surface area contributed by atoms with Gasteiger partial charge < -0.3 is 10.4 Å². The number of carbonyl (C=O) groups is 1. The molecule has 0 saturated heterocycles. The fourth-order valence-electron chi connectivity index (χ4n) is 1.67. The van der Waals surface area contributed by atoms with Gasteiger partial charge in [-0.05, 0) is 24.6 Å². The topological polar surface area (TPSA) is 49.3 Å². The van der Waals surface area contributed by atoms with E-state index in [1.165, 1.54) is 18.2 Å². The SMILES string of the molecule is CCCCCC(=O)Nc1ccc(F)c(C#CCCO)c1. The fourth-order valence-corrected chi connectivity index (χ4v) is 1.67. The molecule has 2 N–H and O–H groups in total. The number of amides is 1. The van der Waals surface area contributed by atoms with Gasteiger partial charge in [-0.25, -0.2) is 4.39 Å². The highest BCUT2D eigenvalue weighted by molar-refractivity contribution is 5.90. The molecule has 1 amide bonds. The molecule has 0 aliphatic heterocycles. The van der Waals surface area contributed by atoms with Gasteiger partial charge in [-0.3, -0.25) is 4.79 Å². The summed E-state index contributed by atoms with van der Waals surface area (Å²) in [7, 11) is 0. The summed E-state index contributed by atoms with van der Waals surface area (Å²) in [4.78, 5) is 11.7. The normalized spacial score (nSPS) is 9.75. The molecular weight excluding hydrogens is 257 g/mol. The Balaban J connectivity index is 2.65. The second-order valence-electron chi connectivity index (χ2n) is 4.48. The first-order valence-corrected chi connectivity index (χ1v) is 6.86. The predicted octanol–water partition coefficient (Wildman–Crippen LogP) is 3.08. The van der Waals surface area contributed by atoms with Crippen molar-refractivity contribution in [1.29, 1.82) is 0 Å². The zero-order chi connectivity index (χ0) is 14.8. The Morgan fingerprint density at radius 2 is 2.20 bits per heavy atom. The average molecular weight is 277 g/mol. The molecule has 0 saturated carbocycles. The lowest BCUT2D eigenvalue weighted by Gasteiger charge is -2.06. The summed E-state index contributed by atoms with van der Waals surface area (Å²) < 4.78 is 13.5. The van der Waals surface area contributed by atoms with Crippen molar-refractivity contribution in [3.05, 3.63) is 29.6 Å². The Bertz CT molecular complexity index is 503. The number of nitrogens with one attached hydrogen (secondary N) is 1. The van der Waals surface area contributed by atoms with Gasteiger partial charge in [-0.2, -0.15) is 0 Å². The van der Waals surface area contributed by atoms with Crippen molar-refractivity contribution in [2.24, 2.45) is 0 Å². The first kappa shape index (κ1) is 16.2. The lowest BCUT2D eigenvalue weighted by molar-refractivity contribution is -0.116. The fraction of sp³-hybridized carbons (Fsp3) is 0.438. The minimum atomic E-state index is -0.431. The van der Waals surface area contributed by atoms with Crippen LogP contribution in [0.25, 0.3) is 0 Å². The van der Waals surface area contributed by atoms with Gasteiger partial charge >= 0.3 is 0 Å². The Hall–Kier alpha value is -1.86.